The van der Waals surface area contributed by atoms with E-state index in [1.807, 2.05) is 20.0 Å². The summed E-state index contributed by atoms with van der Waals surface area (Å²) in [5.74, 6) is 0. The van der Waals surface area contributed by atoms with E-state index in [0.717, 1.165) is 18.7 Å². The van der Waals surface area contributed by atoms with Gasteiger partial charge in [-0.05, 0) is 37.6 Å². The molecule has 0 aliphatic heterocycles. The summed E-state index contributed by atoms with van der Waals surface area (Å²) in [6.45, 7) is 11.6. The maximum absolute atomic E-state index is 4.49. The van der Waals surface area contributed by atoms with Gasteiger partial charge in [0.15, 0.2) is 0 Å². The Morgan fingerprint density at radius 2 is 1.76 bits per heavy atom. The summed E-state index contributed by atoms with van der Waals surface area (Å²) in [6, 6.07) is 4.34. The van der Waals surface area contributed by atoms with Crippen LogP contribution in [0.5, 0.6) is 0 Å². The molecule has 1 rings (SSSR count). The highest BCUT2D eigenvalue weighted by molar-refractivity contribution is 5.21. The van der Waals surface area contributed by atoms with Gasteiger partial charge in [0, 0.05) is 12.7 Å². The van der Waals surface area contributed by atoms with Gasteiger partial charge in [0.1, 0.15) is 0 Å². The van der Waals surface area contributed by atoms with Crippen LogP contribution in [0.3, 0.4) is 0 Å². The van der Waals surface area contributed by atoms with Crippen LogP contribution in [-0.2, 0) is 12.0 Å². The minimum atomic E-state index is 0.240. The van der Waals surface area contributed by atoms with E-state index >= 15 is 0 Å². The number of rotatable bonds is 4. The molecular weight excluding hydrogens is 208 g/mol. The smallest absolute Gasteiger partial charge is 0.0543 e. The van der Waals surface area contributed by atoms with E-state index in [9.17, 15) is 0 Å². The first-order valence-electron chi connectivity index (χ1n) is 6.56. The Morgan fingerprint density at radius 3 is 2.12 bits per heavy atom. The van der Waals surface area contributed by atoms with Gasteiger partial charge in [-0.1, -0.05) is 40.7 Å². The molecule has 1 aromatic heterocycles. The normalized spacial score (nSPS) is 11.1. The van der Waals surface area contributed by atoms with E-state index in [0.29, 0.717) is 0 Å². The average molecular weight is 236 g/mol. The van der Waals surface area contributed by atoms with E-state index in [1.54, 1.807) is 0 Å². The topological polar surface area (TPSA) is 16.1 Å². The molecule has 17 heavy (non-hydrogen) atoms. The molecule has 0 N–H and O–H groups in total. The van der Waals surface area contributed by atoms with Crippen molar-refractivity contribution in [3.8, 4) is 0 Å². The number of aromatic nitrogens is 1. The second-order valence-electron chi connectivity index (χ2n) is 5.01. The van der Waals surface area contributed by atoms with Crippen molar-refractivity contribution >= 4 is 0 Å². The van der Waals surface area contributed by atoms with Crippen LogP contribution in [0.2, 0.25) is 0 Å². The molecule has 0 saturated carbocycles. The van der Waals surface area contributed by atoms with Crippen LogP contribution in [0.1, 0.15) is 52.3 Å². The van der Waals surface area contributed by atoms with E-state index in [1.165, 1.54) is 5.56 Å². The van der Waals surface area contributed by atoms with Gasteiger partial charge in [-0.3, -0.25) is 4.98 Å². The summed E-state index contributed by atoms with van der Waals surface area (Å²) >= 11 is 0. The lowest BCUT2D eigenvalue weighted by atomic mass is 9.83. The van der Waals surface area contributed by atoms with Crippen molar-refractivity contribution < 1.29 is 0 Å². The summed E-state index contributed by atoms with van der Waals surface area (Å²) in [4.78, 5) is 6.62. The van der Waals surface area contributed by atoms with Crippen LogP contribution >= 0.6 is 0 Å². The van der Waals surface area contributed by atoms with Crippen LogP contribution in [0.4, 0.5) is 0 Å². The first-order chi connectivity index (χ1) is 7.95. The maximum Gasteiger partial charge on any atom is 0.0543 e. The van der Waals surface area contributed by atoms with Crippen molar-refractivity contribution in [2.75, 3.05) is 14.1 Å². The first kappa shape index (κ1) is 16.1. The van der Waals surface area contributed by atoms with Crippen LogP contribution in [0, 0.1) is 0 Å². The van der Waals surface area contributed by atoms with E-state index in [2.05, 4.69) is 56.9 Å². The highest BCUT2D eigenvalue weighted by Gasteiger charge is 2.17. The summed E-state index contributed by atoms with van der Waals surface area (Å²) in [5, 5.41) is 0. The van der Waals surface area contributed by atoms with Crippen LogP contribution in [0.25, 0.3) is 0 Å². The second kappa shape index (κ2) is 7.44. The largest absolute Gasteiger partial charge is 0.304 e. The molecule has 0 aliphatic rings. The number of nitrogens with zero attached hydrogens (tertiary/aromatic N) is 2. The van der Waals surface area contributed by atoms with Gasteiger partial charge in [0.25, 0.3) is 0 Å². The molecule has 0 radical (unpaired) electrons. The van der Waals surface area contributed by atoms with Crippen LogP contribution < -0.4 is 0 Å². The SMILES string of the molecule is CC.CCC(C)(C)c1ccc(CN(C)C)nc1. The van der Waals surface area contributed by atoms with Crippen LogP contribution in [0.15, 0.2) is 18.3 Å². The van der Waals surface area contributed by atoms with E-state index < -0.39 is 0 Å². The summed E-state index contributed by atoms with van der Waals surface area (Å²) < 4.78 is 0. The number of hydrogen-bond donors (Lipinski definition) is 0. The summed E-state index contributed by atoms with van der Waals surface area (Å²) in [6.07, 6.45) is 3.16. The Bertz CT molecular complexity index is 299. The zero-order valence-corrected chi connectivity index (χ0v) is 12.5. The lowest BCUT2D eigenvalue weighted by molar-refractivity contribution is 0.396. The van der Waals surface area contributed by atoms with Crippen molar-refractivity contribution in [3.05, 3.63) is 29.6 Å². The zero-order chi connectivity index (χ0) is 13.5. The lowest BCUT2D eigenvalue weighted by Gasteiger charge is -2.23. The Morgan fingerprint density at radius 1 is 1.18 bits per heavy atom. The Kier molecular flexibility index (Phi) is 7.05. The standard InChI is InChI=1S/C13H22N2.C2H6/c1-6-13(2,3)11-7-8-12(14-9-11)10-15(4)5;1-2/h7-9H,6,10H2,1-5H3;1-2H3. The molecule has 0 spiro atoms. The van der Waals surface area contributed by atoms with Gasteiger partial charge < -0.3 is 4.90 Å². The van der Waals surface area contributed by atoms with Crippen molar-refractivity contribution in [1.82, 2.24) is 9.88 Å². The molecular formula is C15H28N2. The second-order valence-corrected chi connectivity index (χ2v) is 5.01. The van der Waals surface area contributed by atoms with Gasteiger partial charge in [-0.25, -0.2) is 0 Å². The van der Waals surface area contributed by atoms with Gasteiger partial charge in [0.2, 0.25) is 0 Å². The zero-order valence-electron chi connectivity index (χ0n) is 12.5. The Labute approximate surface area is 107 Å². The highest BCUT2D eigenvalue weighted by atomic mass is 15.1. The number of hydrogen-bond acceptors (Lipinski definition) is 2. The predicted octanol–water partition coefficient (Wildman–Crippen LogP) is 3.86. The van der Waals surface area contributed by atoms with Gasteiger partial charge in [-0.2, -0.15) is 0 Å². The fraction of sp³-hybridized carbons (Fsp3) is 0.667. The van der Waals surface area contributed by atoms with Gasteiger partial charge in [-0.15, -0.1) is 0 Å². The molecule has 2 heteroatoms. The third-order valence-electron chi connectivity index (χ3n) is 2.97. The molecule has 2 nitrogen and oxygen atoms in total. The van der Waals surface area contributed by atoms with Gasteiger partial charge >= 0.3 is 0 Å². The average Bonchev–Trinajstić information content (AvgIpc) is 2.31. The van der Waals surface area contributed by atoms with Crippen LogP contribution in [-0.4, -0.2) is 24.0 Å². The molecule has 1 aromatic rings. The number of pyridine rings is 1. The monoisotopic (exact) mass is 236 g/mol. The summed E-state index contributed by atoms with van der Waals surface area (Å²) in [5.41, 5.74) is 2.70. The quantitative estimate of drug-likeness (QED) is 0.789. The first-order valence-corrected chi connectivity index (χ1v) is 6.56. The third kappa shape index (κ3) is 5.31. The summed E-state index contributed by atoms with van der Waals surface area (Å²) in [7, 11) is 4.12. The molecule has 0 aromatic carbocycles. The van der Waals surface area contributed by atoms with Crippen molar-refractivity contribution in [2.24, 2.45) is 0 Å². The molecule has 0 atom stereocenters. The fourth-order valence-electron chi connectivity index (χ4n) is 1.45. The Balaban J connectivity index is 0.00000121. The minimum Gasteiger partial charge on any atom is -0.304 e. The van der Waals surface area contributed by atoms with Gasteiger partial charge in [0.05, 0.1) is 5.69 Å². The molecule has 0 bridgehead atoms. The lowest BCUT2D eigenvalue weighted by Crippen LogP contribution is -2.17. The highest BCUT2D eigenvalue weighted by Crippen LogP contribution is 2.25. The Hall–Kier alpha value is -0.890. The molecule has 98 valence electrons. The molecule has 0 amide bonds. The third-order valence-corrected chi connectivity index (χ3v) is 2.97. The molecule has 0 aliphatic carbocycles. The molecule has 0 fully saturated rings. The molecule has 1 heterocycles. The van der Waals surface area contributed by atoms with E-state index in [4.69, 9.17) is 0 Å². The van der Waals surface area contributed by atoms with Crippen molar-refractivity contribution in [1.29, 1.82) is 0 Å². The minimum absolute atomic E-state index is 0.240. The van der Waals surface area contributed by atoms with E-state index in [-0.39, 0.29) is 5.41 Å². The van der Waals surface area contributed by atoms with Crippen molar-refractivity contribution in [3.63, 3.8) is 0 Å². The maximum atomic E-state index is 4.49. The fourth-order valence-corrected chi connectivity index (χ4v) is 1.45. The molecule has 0 saturated heterocycles. The van der Waals surface area contributed by atoms with Crippen molar-refractivity contribution in [2.45, 2.75) is 53.0 Å². The predicted molar refractivity (Wildman–Crippen MR) is 76.3 cm³/mol. The molecule has 0 unspecified atom stereocenters.